The number of rotatable bonds is 66. The third-order valence-corrected chi connectivity index (χ3v) is 16.5. The van der Waals surface area contributed by atoms with Gasteiger partial charge in [0.15, 0.2) is 0 Å². The molecule has 0 aliphatic heterocycles. The summed E-state index contributed by atoms with van der Waals surface area (Å²) in [5.74, 6) is -0.0238. The standard InChI is InChI=1S/C71H137NO5/c1-3-5-7-9-11-13-15-17-19-20-32-36-39-43-47-51-55-59-63-69(74)68(67-73)72-70(75)64-60-56-52-48-44-40-37-33-30-28-26-24-22-21-23-25-27-29-31-34-38-42-46-50-54-58-62-66-77-71(76)65-61-57-53-49-45-41-35-18-16-14-12-10-8-6-4-2/h12,14,18,35,68-69,73-74H,3-11,13,15-17,19-34,36-67H2,1-2H3,(H,72,75)/b14-12-,35-18-/t68-,69+/m0/s1. The van der Waals surface area contributed by atoms with Crippen LogP contribution in [0.3, 0.4) is 0 Å². The summed E-state index contributed by atoms with van der Waals surface area (Å²) in [6.45, 7) is 4.96. The molecule has 0 aliphatic carbocycles. The normalized spacial score (nSPS) is 12.6. The lowest BCUT2D eigenvalue weighted by Gasteiger charge is -2.22. The van der Waals surface area contributed by atoms with Gasteiger partial charge in [-0.3, -0.25) is 9.59 Å². The fourth-order valence-corrected chi connectivity index (χ4v) is 11.1. The number of carbonyl (C=O) groups excluding carboxylic acids is 2. The van der Waals surface area contributed by atoms with Gasteiger partial charge >= 0.3 is 5.97 Å². The molecule has 1 amide bonds. The van der Waals surface area contributed by atoms with E-state index in [-0.39, 0.29) is 18.5 Å². The minimum Gasteiger partial charge on any atom is -0.466 e. The van der Waals surface area contributed by atoms with Crippen molar-refractivity contribution in [3.8, 4) is 0 Å². The molecule has 0 unspecified atom stereocenters. The van der Waals surface area contributed by atoms with E-state index in [0.29, 0.717) is 25.9 Å². The largest absolute Gasteiger partial charge is 0.466 e. The highest BCUT2D eigenvalue weighted by molar-refractivity contribution is 5.76. The first-order valence-electron chi connectivity index (χ1n) is 35.1. The molecule has 0 saturated heterocycles. The molecular formula is C71H137NO5. The number of hydrogen-bond acceptors (Lipinski definition) is 5. The maximum atomic E-state index is 12.5. The van der Waals surface area contributed by atoms with Crippen LogP contribution in [0.25, 0.3) is 0 Å². The zero-order valence-electron chi connectivity index (χ0n) is 52.2. The molecule has 2 atom stereocenters. The van der Waals surface area contributed by atoms with Crippen molar-refractivity contribution < 1.29 is 24.5 Å². The Morgan fingerprint density at radius 3 is 1.01 bits per heavy atom. The van der Waals surface area contributed by atoms with Gasteiger partial charge in [-0.2, -0.15) is 0 Å². The number of carbonyl (C=O) groups is 2. The predicted molar refractivity (Wildman–Crippen MR) is 338 cm³/mol. The Hall–Kier alpha value is -1.66. The van der Waals surface area contributed by atoms with Gasteiger partial charge in [-0.1, -0.05) is 346 Å². The second kappa shape index (κ2) is 66.8. The molecule has 0 aromatic rings. The molecule has 77 heavy (non-hydrogen) atoms. The molecule has 0 bridgehead atoms. The van der Waals surface area contributed by atoms with E-state index in [2.05, 4.69) is 43.5 Å². The second-order valence-electron chi connectivity index (χ2n) is 24.2. The lowest BCUT2D eigenvalue weighted by Crippen LogP contribution is -2.45. The van der Waals surface area contributed by atoms with E-state index in [1.165, 1.54) is 308 Å². The van der Waals surface area contributed by atoms with Crippen molar-refractivity contribution in [1.29, 1.82) is 0 Å². The summed E-state index contributed by atoms with van der Waals surface area (Å²) >= 11 is 0. The Morgan fingerprint density at radius 2 is 0.649 bits per heavy atom. The predicted octanol–water partition coefficient (Wildman–Crippen LogP) is 22.5. The monoisotopic (exact) mass is 1080 g/mol. The third-order valence-electron chi connectivity index (χ3n) is 16.5. The van der Waals surface area contributed by atoms with Crippen molar-refractivity contribution in [3.63, 3.8) is 0 Å². The van der Waals surface area contributed by atoms with E-state index in [1.807, 2.05) is 0 Å². The van der Waals surface area contributed by atoms with Crippen LogP contribution < -0.4 is 5.32 Å². The highest BCUT2D eigenvalue weighted by atomic mass is 16.5. The molecule has 456 valence electrons. The molecule has 6 nitrogen and oxygen atoms in total. The van der Waals surface area contributed by atoms with E-state index >= 15 is 0 Å². The van der Waals surface area contributed by atoms with Gasteiger partial charge in [0.2, 0.25) is 5.91 Å². The first-order valence-corrected chi connectivity index (χ1v) is 35.1. The van der Waals surface area contributed by atoms with E-state index < -0.39 is 12.1 Å². The van der Waals surface area contributed by atoms with Crippen LogP contribution in [0.4, 0.5) is 0 Å². The Bertz CT molecular complexity index is 1200. The molecular weight excluding hydrogens is 947 g/mol. The number of aliphatic hydroxyl groups is 2. The SMILES string of the molecule is CCCCC/C=C\C/C=C\CCCCCCCC(=O)OCCCCCCCCCCCCCCCCCCCCCCCCCCCCCC(=O)N[C@@H](CO)[C@H](O)CCCCCCCCCCCCCCCCCCCC. The minimum absolute atomic E-state index is 0.00474. The van der Waals surface area contributed by atoms with E-state index in [4.69, 9.17) is 4.74 Å². The average Bonchev–Trinajstić information content (AvgIpc) is 3.43. The van der Waals surface area contributed by atoms with Gasteiger partial charge < -0.3 is 20.3 Å². The highest BCUT2D eigenvalue weighted by Crippen LogP contribution is 2.19. The zero-order chi connectivity index (χ0) is 55.7. The summed E-state index contributed by atoms with van der Waals surface area (Å²) in [6.07, 6.45) is 83.6. The molecule has 0 fully saturated rings. The lowest BCUT2D eigenvalue weighted by molar-refractivity contribution is -0.143. The van der Waals surface area contributed by atoms with Crippen LogP contribution in [-0.2, 0) is 14.3 Å². The quantitative estimate of drug-likeness (QED) is 0.0320. The number of unbranched alkanes of at least 4 members (excludes halogenated alkanes) is 51. The summed E-state index contributed by atoms with van der Waals surface area (Å²) < 4.78 is 5.49. The van der Waals surface area contributed by atoms with Crippen LogP contribution in [0.5, 0.6) is 0 Å². The van der Waals surface area contributed by atoms with Crippen LogP contribution in [0, 0.1) is 0 Å². The van der Waals surface area contributed by atoms with Crippen LogP contribution in [0.1, 0.15) is 393 Å². The Balaban J connectivity index is 3.35. The van der Waals surface area contributed by atoms with Gasteiger partial charge in [0.05, 0.1) is 25.4 Å². The van der Waals surface area contributed by atoms with Gasteiger partial charge in [-0.05, 0) is 57.8 Å². The fourth-order valence-electron chi connectivity index (χ4n) is 11.1. The van der Waals surface area contributed by atoms with Crippen LogP contribution >= 0.6 is 0 Å². The Labute approximate surface area is 481 Å². The van der Waals surface area contributed by atoms with Gasteiger partial charge in [0, 0.05) is 12.8 Å². The van der Waals surface area contributed by atoms with Crippen molar-refractivity contribution in [2.75, 3.05) is 13.2 Å². The van der Waals surface area contributed by atoms with Crippen LogP contribution in [-0.4, -0.2) is 47.4 Å². The topological polar surface area (TPSA) is 95.9 Å². The zero-order valence-corrected chi connectivity index (χ0v) is 52.2. The number of ether oxygens (including phenoxy) is 1. The maximum Gasteiger partial charge on any atom is 0.305 e. The molecule has 0 aromatic carbocycles. The number of aliphatic hydroxyl groups excluding tert-OH is 2. The average molecular weight is 1080 g/mol. The van der Waals surface area contributed by atoms with Crippen LogP contribution in [0.2, 0.25) is 0 Å². The summed E-state index contributed by atoms with van der Waals surface area (Å²) in [5, 5.41) is 23.4. The first-order chi connectivity index (χ1) is 38.0. The molecule has 0 saturated carbocycles. The van der Waals surface area contributed by atoms with E-state index in [9.17, 15) is 19.8 Å². The number of esters is 1. The van der Waals surface area contributed by atoms with E-state index in [1.54, 1.807) is 0 Å². The smallest absolute Gasteiger partial charge is 0.305 e. The Morgan fingerprint density at radius 1 is 0.364 bits per heavy atom. The number of amides is 1. The second-order valence-corrected chi connectivity index (χ2v) is 24.2. The Kier molecular flexibility index (Phi) is 65.4. The van der Waals surface area contributed by atoms with Crippen molar-refractivity contribution >= 4 is 11.9 Å². The number of nitrogens with one attached hydrogen (secondary N) is 1. The van der Waals surface area contributed by atoms with Crippen molar-refractivity contribution in [3.05, 3.63) is 24.3 Å². The maximum absolute atomic E-state index is 12.5. The molecule has 0 spiro atoms. The summed E-state index contributed by atoms with van der Waals surface area (Å²) in [6, 6.07) is -0.540. The molecule has 0 aromatic heterocycles. The van der Waals surface area contributed by atoms with Crippen LogP contribution in [0.15, 0.2) is 24.3 Å². The van der Waals surface area contributed by atoms with Gasteiger partial charge in [0.1, 0.15) is 0 Å². The summed E-state index contributed by atoms with van der Waals surface area (Å²) in [5.41, 5.74) is 0. The van der Waals surface area contributed by atoms with Crippen molar-refractivity contribution in [2.45, 2.75) is 405 Å². The fraction of sp³-hybridized carbons (Fsp3) is 0.915. The first kappa shape index (κ1) is 75.3. The lowest BCUT2D eigenvalue weighted by atomic mass is 10.0. The number of hydrogen-bond donors (Lipinski definition) is 3. The van der Waals surface area contributed by atoms with Crippen molar-refractivity contribution in [1.82, 2.24) is 5.32 Å². The summed E-state index contributed by atoms with van der Waals surface area (Å²) in [4.78, 5) is 24.6. The van der Waals surface area contributed by atoms with E-state index in [0.717, 1.165) is 51.4 Å². The highest BCUT2D eigenvalue weighted by Gasteiger charge is 2.20. The molecule has 0 aliphatic rings. The van der Waals surface area contributed by atoms with Gasteiger partial charge in [-0.15, -0.1) is 0 Å². The molecule has 0 rings (SSSR count). The molecule has 6 heteroatoms. The third kappa shape index (κ3) is 63.4. The molecule has 0 radical (unpaired) electrons. The molecule has 0 heterocycles. The van der Waals surface area contributed by atoms with Crippen molar-refractivity contribution in [2.24, 2.45) is 0 Å². The van der Waals surface area contributed by atoms with Gasteiger partial charge in [0.25, 0.3) is 0 Å². The van der Waals surface area contributed by atoms with Gasteiger partial charge in [-0.25, -0.2) is 0 Å². The minimum atomic E-state index is -0.663. The number of allylic oxidation sites excluding steroid dienone is 4. The summed E-state index contributed by atoms with van der Waals surface area (Å²) in [7, 11) is 0. The molecule has 3 N–H and O–H groups in total.